The van der Waals surface area contributed by atoms with Crippen LogP contribution in [0, 0.1) is 11.8 Å². The van der Waals surface area contributed by atoms with E-state index in [-0.39, 0.29) is 0 Å². The molecule has 0 nitrogen and oxygen atoms in total. The molecule has 0 fully saturated rings. The Morgan fingerprint density at radius 3 is 2.56 bits per heavy atom. The zero-order valence-electron chi connectivity index (χ0n) is 9.34. The summed E-state index contributed by atoms with van der Waals surface area (Å²) >= 11 is 0. The molecule has 2 bridgehead atoms. The van der Waals surface area contributed by atoms with Crippen LogP contribution in [0.25, 0.3) is 5.57 Å². The number of hydrogen-bond acceptors (Lipinski definition) is 0. The average Bonchev–Trinajstić information content (AvgIpc) is 2.30. The van der Waals surface area contributed by atoms with Crippen molar-refractivity contribution in [3.63, 3.8) is 0 Å². The molecule has 2 atom stereocenters. The van der Waals surface area contributed by atoms with E-state index >= 15 is 0 Å². The Kier molecular flexibility index (Phi) is 2.49. The molecule has 0 N–H and O–H groups in total. The Morgan fingerprint density at radius 2 is 1.69 bits per heavy atom. The van der Waals surface area contributed by atoms with E-state index in [1.807, 2.05) is 0 Å². The van der Waals surface area contributed by atoms with Crippen molar-refractivity contribution in [3.8, 4) is 0 Å². The Bertz CT molecular complexity index is 448. The standard InChI is InChI=1S/C16H16/c1-2-7-14(8-3-1)16-12-13-6-4-5-9-15(16)11-10-13/h1-9,12-13,15H,10-11H2/b6-4-,9-5-/t13-,15+/m0/s1. The first-order valence-electron chi connectivity index (χ1n) is 6.05. The summed E-state index contributed by atoms with van der Waals surface area (Å²) in [4.78, 5) is 0. The van der Waals surface area contributed by atoms with Crippen LogP contribution < -0.4 is 0 Å². The molecule has 1 aromatic carbocycles. The van der Waals surface area contributed by atoms with Crippen molar-refractivity contribution in [1.29, 1.82) is 0 Å². The van der Waals surface area contributed by atoms with Gasteiger partial charge >= 0.3 is 0 Å². The molecule has 0 heteroatoms. The maximum atomic E-state index is 2.45. The van der Waals surface area contributed by atoms with E-state index in [1.165, 1.54) is 24.0 Å². The molecule has 0 saturated carbocycles. The fraction of sp³-hybridized carbons (Fsp3) is 0.250. The second kappa shape index (κ2) is 4.13. The maximum absolute atomic E-state index is 2.45. The van der Waals surface area contributed by atoms with E-state index in [1.54, 1.807) is 0 Å². The minimum atomic E-state index is 0.614. The number of fused-ring (bicyclic) bond motifs is 2. The molecular formula is C16H16. The van der Waals surface area contributed by atoms with Gasteiger partial charge in [0.05, 0.1) is 0 Å². The van der Waals surface area contributed by atoms with Crippen LogP contribution in [0.1, 0.15) is 18.4 Å². The van der Waals surface area contributed by atoms with Crippen LogP contribution in [0.15, 0.2) is 60.7 Å². The van der Waals surface area contributed by atoms with E-state index in [0.717, 1.165) is 0 Å². The normalized spacial score (nSPS) is 31.4. The minimum absolute atomic E-state index is 0.614. The van der Waals surface area contributed by atoms with Crippen molar-refractivity contribution in [1.82, 2.24) is 0 Å². The van der Waals surface area contributed by atoms with Crippen LogP contribution >= 0.6 is 0 Å². The number of hydrogen-bond donors (Lipinski definition) is 0. The molecule has 0 aliphatic heterocycles. The van der Waals surface area contributed by atoms with Crippen molar-refractivity contribution in [3.05, 3.63) is 66.3 Å². The van der Waals surface area contributed by atoms with E-state index in [4.69, 9.17) is 0 Å². The molecule has 16 heavy (non-hydrogen) atoms. The molecule has 1 aromatic rings. The lowest BCUT2D eigenvalue weighted by molar-refractivity contribution is 0.573. The second-order valence-electron chi connectivity index (χ2n) is 4.61. The maximum Gasteiger partial charge on any atom is 0.00244 e. The first kappa shape index (κ1) is 9.65. The summed E-state index contributed by atoms with van der Waals surface area (Å²) in [6.45, 7) is 0. The van der Waals surface area contributed by atoms with Crippen LogP contribution in [0.4, 0.5) is 0 Å². The van der Waals surface area contributed by atoms with Gasteiger partial charge in [-0.2, -0.15) is 0 Å². The molecule has 3 aliphatic rings. The van der Waals surface area contributed by atoms with Gasteiger partial charge in [-0.3, -0.25) is 0 Å². The lowest BCUT2D eigenvalue weighted by Gasteiger charge is -2.27. The van der Waals surface area contributed by atoms with Gasteiger partial charge in [-0.05, 0) is 29.9 Å². The molecule has 0 aromatic heterocycles. The smallest absolute Gasteiger partial charge is 0.00244 e. The third kappa shape index (κ3) is 1.76. The topological polar surface area (TPSA) is 0 Å². The summed E-state index contributed by atoms with van der Waals surface area (Å²) in [7, 11) is 0. The summed E-state index contributed by atoms with van der Waals surface area (Å²) in [5.41, 5.74) is 2.90. The average molecular weight is 208 g/mol. The van der Waals surface area contributed by atoms with Crippen LogP contribution in [0.2, 0.25) is 0 Å². The first-order chi connectivity index (χ1) is 7.93. The highest BCUT2D eigenvalue weighted by molar-refractivity contribution is 5.70. The van der Waals surface area contributed by atoms with Crippen LogP contribution in [0.5, 0.6) is 0 Å². The number of allylic oxidation sites excluding steroid dienone is 6. The van der Waals surface area contributed by atoms with Gasteiger partial charge in [-0.1, -0.05) is 60.7 Å². The minimum Gasteiger partial charge on any atom is -0.0776 e. The quantitative estimate of drug-likeness (QED) is 0.648. The fourth-order valence-electron chi connectivity index (χ4n) is 2.66. The van der Waals surface area contributed by atoms with Crippen molar-refractivity contribution < 1.29 is 0 Å². The van der Waals surface area contributed by atoms with Crippen LogP contribution in [-0.4, -0.2) is 0 Å². The second-order valence-corrected chi connectivity index (χ2v) is 4.61. The van der Waals surface area contributed by atoms with Gasteiger partial charge in [-0.25, -0.2) is 0 Å². The molecule has 0 radical (unpaired) electrons. The van der Waals surface area contributed by atoms with Crippen molar-refractivity contribution >= 4 is 5.57 Å². The first-order valence-corrected chi connectivity index (χ1v) is 6.05. The van der Waals surface area contributed by atoms with Crippen LogP contribution in [0.3, 0.4) is 0 Å². The van der Waals surface area contributed by atoms with Gasteiger partial charge in [0.15, 0.2) is 0 Å². The predicted molar refractivity (Wildman–Crippen MR) is 68.9 cm³/mol. The Morgan fingerprint density at radius 1 is 0.875 bits per heavy atom. The zero-order valence-corrected chi connectivity index (χ0v) is 9.34. The Balaban J connectivity index is 2.05. The molecule has 0 spiro atoms. The van der Waals surface area contributed by atoms with Gasteiger partial charge in [-0.15, -0.1) is 0 Å². The van der Waals surface area contributed by atoms with Gasteiger partial charge in [0, 0.05) is 5.92 Å². The SMILES string of the molecule is C1=C(c2ccccc2)[C@@H]2/C=C\C=C/[C@H]1CC2. The highest BCUT2D eigenvalue weighted by atomic mass is 14.3. The Hall–Kier alpha value is -1.56. The van der Waals surface area contributed by atoms with Gasteiger partial charge < -0.3 is 0 Å². The van der Waals surface area contributed by atoms with E-state index in [9.17, 15) is 0 Å². The zero-order chi connectivity index (χ0) is 10.8. The number of rotatable bonds is 1. The highest BCUT2D eigenvalue weighted by Gasteiger charge is 2.21. The molecule has 3 aliphatic carbocycles. The van der Waals surface area contributed by atoms with E-state index in [2.05, 4.69) is 60.7 Å². The molecule has 0 heterocycles. The summed E-state index contributed by atoms with van der Waals surface area (Å²) in [6, 6.07) is 10.8. The lowest BCUT2D eigenvalue weighted by Crippen LogP contribution is -2.12. The summed E-state index contributed by atoms with van der Waals surface area (Å²) in [5, 5.41) is 0. The van der Waals surface area contributed by atoms with Crippen molar-refractivity contribution in [2.45, 2.75) is 12.8 Å². The van der Waals surface area contributed by atoms with Crippen molar-refractivity contribution in [2.24, 2.45) is 11.8 Å². The van der Waals surface area contributed by atoms with Crippen LogP contribution in [-0.2, 0) is 0 Å². The van der Waals surface area contributed by atoms with Gasteiger partial charge in [0.2, 0.25) is 0 Å². The molecule has 4 rings (SSSR count). The lowest BCUT2D eigenvalue weighted by atomic mass is 9.78. The third-order valence-corrected chi connectivity index (χ3v) is 3.52. The largest absolute Gasteiger partial charge is 0.0776 e. The monoisotopic (exact) mass is 208 g/mol. The molecular weight excluding hydrogens is 192 g/mol. The van der Waals surface area contributed by atoms with Crippen molar-refractivity contribution in [2.75, 3.05) is 0 Å². The Labute approximate surface area is 97.0 Å². The fourth-order valence-corrected chi connectivity index (χ4v) is 2.66. The number of benzene rings is 1. The van der Waals surface area contributed by atoms with E-state index < -0.39 is 0 Å². The summed E-state index contributed by atoms with van der Waals surface area (Å²) in [6.07, 6.45) is 14.1. The van der Waals surface area contributed by atoms with Gasteiger partial charge in [0.1, 0.15) is 0 Å². The summed E-state index contributed by atoms with van der Waals surface area (Å²) < 4.78 is 0. The highest BCUT2D eigenvalue weighted by Crippen LogP contribution is 2.37. The molecule has 0 saturated heterocycles. The van der Waals surface area contributed by atoms with E-state index in [0.29, 0.717) is 11.8 Å². The predicted octanol–water partition coefficient (Wildman–Crippen LogP) is 4.22. The molecule has 0 unspecified atom stereocenters. The molecule has 0 amide bonds. The van der Waals surface area contributed by atoms with Gasteiger partial charge in [0.25, 0.3) is 0 Å². The summed E-state index contributed by atoms with van der Waals surface area (Å²) in [5.74, 6) is 1.25. The third-order valence-electron chi connectivity index (χ3n) is 3.52. The molecule has 80 valence electrons.